The summed E-state index contributed by atoms with van der Waals surface area (Å²) in [6.45, 7) is 1.58. The molecular formula is C10H7F2NO2S. The van der Waals surface area contributed by atoms with Crippen LogP contribution in [0.25, 0.3) is 10.1 Å². The van der Waals surface area contributed by atoms with E-state index in [1.54, 1.807) is 6.92 Å². The van der Waals surface area contributed by atoms with Gasteiger partial charge in [-0.05, 0) is 13.0 Å². The van der Waals surface area contributed by atoms with Crippen molar-refractivity contribution in [3.63, 3.8) is 0 Å². The van der Waals surface area contributed by atoms with Crippen LogP contribution in [-0.2, 0) is 0 Å². The highest BCUT2D eigenvalue weighted by atomic mass is 32.1. The highest BCUT2D eigenvalue weighted by molar-refractivity contribution is 7.19. The zero-order valence-electron chi connectivity index (χ0n) is 8.17. The molecule has 16 heavy (non-hydrogen) atoms. The second-order valence-corrected chi connectivity index (χ2v) is 4.52. The van der Waals surface area contributed by atoms with Gasteiger partial charge in [0.2, 0.25) is 5.91 Å². The van der Waals surface area contributed by atoms with Gasteiger partial charge in [0.1, 0.15) is 0 Å². The molecule has 0 aliphatic heterocycles. The van der Waals surface area contributed by atoms with Gasteiger partial charge < -0.3 is 10.8 Å². The Morgan fingerprint density at radius 1 is 1.50 bits per heavy atom. The van der Waals surface area contributed by atoms with Crippen molar-refractivity contribution in [2.75, 3.05) is 0 Å². The molecule has 6 heteroatoms. The lowest BCUT2D eigenvalue weighted by Gasteiger charge is -1.99. The summed E-state index contributed by atoms with van der Waals surface area (Å²) in [5, 5.41) is 9.18. The number of carbonyl (C=O) groups excluding carboxylic acids is 1. The van der Waals surface area contributed by atoms with Gasteiger partial charge in [-0.1, -0.05) is 0 Å². The highest BCUT2D eigenvalue weighted by Gasteiger charge is 2.21. The van der Waals surface area contributed by atoms with Crippen molar-refractivity contribution in [2.24, 2.45) is 5.73 Å². The van der Waals surface area contributed by atoms with E-state index in [2.05, 4.69) is 0 Å². The summed E-state index contributed by atoms with van der Waals surface area (Å²) >= 11 is 0.954. The summed E-state index contributed by atoms with van der Waals surface area (Å²) < 4.78 is 26.6. The Morgan fingerprint density at radius 2 is 2.12 bits per heavy atom. The Bertz CT molecular complexity index is 607. The molecule has 0 radical (unpaired) electrons. The van der Waals surface area contributed by atoms with Crippen LogP contribution in [0.15, 0.2) is 6.07 Å². The van der Waals surface area contributed by atoms with Crippen LogP contribution in [0.4, 0.5) is 8.78 Å². The first-order valence-electron chi connectivity index (χ1n) is 4.33. The first-order chi connectivity index (χ1) is 7.43. The number of thiophene rings is 1. The number of primary amides is 1. The fraction of sp³-hybridized carbons (Fsp3) is 0.100. The summed E-state index contributed by atoms with van der Waals surface area (Å²) in [5.74, 6) is -3.95. The lowest BCUT2D eigenvalue weighted by molar-refractivity contribution is 0.100. The maximum Gasteiger partial charge on any atom is 0.250 e. The smallest absolute Gasteiger partial charge is 0.250 e. The number of aromatic hydroxyl groups is 1. The standard InChI is InChI=1S/C10H7F2NO2S/c1-3-6(10(13)15)4-2-5(11)8(14)7(12)9(4)16-3/h2,14H,1H3,(H2,13,15). The normalized spacial score (nSPS) is 10.9. The molecule has 0 atom stereocenters. The van der Waals surface area contributed by atoms with Gasteiger partial charge in [-0.25, -0.2) is 8.78 Å². The van der Waals surface area contributed by atoms with E-state index in [0.29, 0.717) is 4.88 Å². The molecule has 84 valence electrons. The number of hydrogen-bond acceptors (Lipinski definition) is 3. The van der Waals surface area contributed by atoms with Gasteiger partial charge in [-0.15, -0.1) is 11.3 Å². The quantitative estimate of drug-likeness (QED) is 0.807. The Hall–Kier alpha value is -1.69. The molecule has 0 saturated heterocycles. The Labute approximate surface area is 93.1 Å². The predicted molar refractivity (Wildman–Crippen MR) is 56.7 cm³/mol. The number of halogens is 2. The van der Waals surface area contributed by atoms with Crippen molar-refractivity contribution in [3.8, 4) is 5.75 Å². The van der Waals surface area contributed by atoms with Crippen molar-refractivity contribution in [1.82, 2.24) is 0 Å². The van der Waals surface area contributed by atoms with E-state index in [-0.39, 0.29) is 15.6 Å². The van der Waals surface area contributed by atoms with Crippen LogP contribution in [0.5, 0.6) is 5.75 Å². The highest BCUT2D eigenvalue weighted by Crippen LogP contribution is 2.37. The van der Waals surface area contributed by atoms with Crippen LogP contribution >= 0.6 is 11.3 Å². The molecule has 1 amide bonds. The minimum absolute atomic E-state index is 0.0326. The maximum absolute atomic E-state index is 13.5. The van der Waals surface area contributed by atoms with Gasteiger partial charge in [0.05, 0.1) is 10.3 Å². The second-order valence-electron chi connectivity index (χ2n) is 3.30. The molecule has 0 fully saturated rings. The molecule has 1 aromatic heterocycles. The van der Waals surface area contributed by atoms with Crippen LogP contribution in [-0.4, -0.2) is 11.0 Å². The van der Waals surface area contributed by atoms with Crippen molar-refractivity contribution >= 4 is 27.3 Å². The molecule has 2 rings (SSSR count). The molecular weight excluding hydrogens is 236 g/mol. The molecule has 3 nitrogen and oxygen atoms in total. The number of amides is 1. The molecule has 0 aliphatic rings. The molecule has 0 spiro atoms. The summed E-state index contributed by atoms with van der Waals surface area (Å²) in [4.78, 5) is 11.6. The van der Waals surface area contributed by atoms with E-state index in [1.807, 2.05) is 0 Å². The number of phenolic OH excluding ortho intramolecular Hbond substituents is 1. The molecule has 0 saturated carbocycles. The van der Waals surface area contributed by atoms with E-state index in [9.17, 15) is 13.6 Å². The zero-order valence-corrected chi connectivity index (χ0v) is 8.99. The largest absolute Gasteiger partial charge is 0.503 e. The minimum Gasteiger partial charge on any atom is -0.503 e. The fourth-order valence-electron chi connectivity index (χ4n) is 1.58. The first-order valence-corrected chi connectivity index (χ1v) is 5.15. The Kier molecular flexibility index (Phi) is 2.31. The molecule has 3 N–H and O–H groups in total. The number of hydrogen-bond donors (Lipinski definition) is 2. The molecule has 0 bridgehead atoms. The topological polar surface area (TPSA) is 63.3 Å². The lowest BCUT2D eigenvalue weighted by atomic mass is 10.1. The number of nitrogens with two attached hydrogens (primary N) is 1. The van der Waals surface area contributed by atoms with E-state index < -0.39 is 23.3 Å². The van der Waals surface area contributed by atoms with Gasteiger partial charge in [0.25, 0.3) is 0 Å². The van der Waals surface area contributed by atoms with Crippen LogP contribution in [0.2, 0.25) is 0 Å². The summed E-state index contributed by atoms with van der Waals surface area (Å²) in [5.41, 5.74) is 5.22. The molecule has 1 aromatic carbocycles. The van der Waals surface area contributed by atoms with E-state index >= 15 is 0 Å². The number of phenols is 1. The molecule has 1 heterocycles. The number of carbonyl (C=O) groups is 1. The van der Waals surface area contributed by atoms with Crippen LogP contribution in [0.1, 0.15) is 15.2 Å². The predicted octanol–water partition coefficient (Wildman–Crippen LogP) is 2.29. The third-order valence-electron chi connectivity index (χ3n) is 2.27. The van der Waals surface area contributed by atoms with Crippen LogP contribution in [0.3, 0.4) is 0 Å². The van der Waals surface area contributed by atoms with Crippen molar-refractivity contribution < 1.29 is 18.7 Å². The van der Waals surface area contributed by atoms with Crippen molar-refractivity contribution in [3.05, 3.63) is 28.1 Å². The molecule has 0 aliphatic carbocycles. The maximum atomic E-state index is 13.5. The Morgan fingerprint density at radius 3 is 2.69 bits per heavy atom. The fourth-order valence-corrected chi connectivity index (χ4v) is 2.65. The summed E-state index contributed by atoms with van der Waals surface area (Å²) in [7, 11) is 0. The van der Waals surface area contributed by atoms with Gasteiger partial charge in [0.15, 0.2) is 17.4 Å². The van der Waals surface area contributed by atoms with Gasteiger partial charge in [-0.3, -0.25) is 4.79 Å². The van der Waals surface area contributed by atoms with Gasteiger partial charge >= 0.3 is 0 Å². The summed E-state index contributed by atoms with van der Waals surface area (Å²) in [6.07, 6.45) is 0. The summed E-state index contributed by atoms with van der Waals surface area (Å²) in [6, 6.07) is 0.914. The van der Waals surface area contributed by atoms with Gasteiger partial charge in [-0.2, -0.15) is 0 Å². The third-order valence-corrected chi connectivity index (χ3v) is 3.39. The monoisotopic (exact) mass is 243 g/mol. The minimum atomic E-state index is -1.11. The number of aryl methyl sites for hydroxylation is 1. The van der Waals surface area contributed by atoms with E-state index in [0.717, 1.165) is 17.4 Å². The lowest BCUT2D eigenvalue weighted by Crippen LogP contribution is -2.11. The molecule has 0 unspecified atom stereocenters. The van der Waals surface area contributed by atoms with Crippen LogP contribution < -0.4 is 5.73 Å². The number of fused-ring (bicyclic) bond motifs is 1. The third kappa shape index (κ3) is 1.34. The van der Waals surface area contributed by atoms with Crippen LogP contribution in [0, 0.1) is 18.6 Å². The van der Waals surface area contributed by atoms with E-state index in [1.165, 1.54) is 0 Å². The molecule has 2 aromatic rings. The van der Waals surface area contributed by atoms with Crippen molar-refractivity contribution in [1.29, 1.82) is 0 Å². The van der Waals surface area contributed by atoms with E-state index in [4.69, 9.17) is 10.8 Å². The SMILES string of the molecule is Cc1sc2c(F)c(O)c(F)cc2c1C(N)=O. The first kappa shape index (κ1) is 10.8. The second kappa shape index (κ2) is 3.41. The average molecular weight is 243 g/mol. The number of benzene rings is 1. The Balaban J connectivity index is 2.96. The van der Waals surface area contributed by atoms with Crippen molar-refractivity contribution in [2.45, 2.75) is 6.92 Å². The average Bonchev–Trinajstić information content (AvgIpc) is 2.51. The van der Waals surface area contributed by atoms with Gasteiger partial charge in [0, 0.05) is 10.3 Å². The zero-order chi connectivity index (χ0) is 12.0. The number of rotatable bonds is 1.